The zero-order valence-electron chi connectivity index (χ0n) is 12.4. The molecule has 2 aliphatic rings. The number of fused-ring (bicyclic) bond motifs is 1. The molecule has 1 aromatic heterocycles. The molecule has 0 aromatic carbocycles. The van der Waals surface area contributed by atoms with Gasteiger partial charge in [0.25, 0.3) is 0 Å². The fourth-order valence-corrected chi connectivity index (χ4v) is 3.31. The summed E-state index contributed by atoms with van der Waals surface area (Å²) < 4.78 is 5.45. The van der Waals surface area contributed by atoms with Crippen molar-refractivity contribution in [3.8, 4) is 0 Å². The van der Waals surface area contributed by atoms with Gasteiger partial charge in [-0.25, -0.2) is 9.97 Å². The lowest BCUT2D eigenvalue weighted by Crippen LogP contribution is -2.22. The lowest BCUT2D eigenvalue weighted by atomic mass is 10.0. The van der Waals surface area contributed by atoms with Gasteiger partial charge in [-0.2, -0.15) is 0 Å². The van der Waals surface area contributed by atoms with E-state index in [9.17, 15) is 0 Å². The van der Waals surface area contributed by atoms with E-state index in [-0.39, 0.29) is 0 Å². The van der Waals surface area contributed by atoms with Gasteiger partial charge in [0, 0.05) is 43.1 Å². The third-order valence-corrected chi connectivity index (χ3v) is 4.43. The van der Waals surface area contributed by atoms with Crippen LogP contribution in [0.4, 0.5) is 0 Å². The molecule has 1 aliphatic heterocycles. The summed E-state index contributed by atoms with van der Waals surface area (Å²) in [5, 5.41) is 3.57. The van der Waals surface area contributed by atoms with Crippen LogP contribution in [0.15, 0.2) is 6.20 Å². The Morgan fingerprint density at radius 3 is 3.10 bits per heavy atom. The fraction of sp³-hybridized carbons (Fsp3) is 0.750. The number of rotatable bonds is 4. The number of nitrogens with zero attached hydrogens (tertiary/aromatic N) is 2. The Morgan fingerprint density at radius 1 is 1.35 bits per heavy atom. The highest BCUT2D eigenvalue weighted by atomic mass is 16.5. The standard InChI is InChI=1S/C16H25N3O/c1-2-17-14-5-3-4-6-15-13(14)10-18-16(19-15)9-12-7-8-20-11-12/h10,12,14,17H,2-9,11H2,1H3. The molecule has 1 aromatic rings. The average molecular weight is 275 g/mol. The van der Waals surface area contributed by atoms with Crippen LogP contribution in [0, 0.1) is 5.92 Å². The maximum atomic E-state index is 5.45. The molecule has 0 saturated carbocycles. The second-order valence-electron chi connectivity index (χ2n) is 5.98. The van der Waals surface area contributed by atoms with Gasteiger partial charge in [-0.05, 0) is 38.1 Å². The number of ether oxygens (including phenoxy) is 1. The van der Waals surface area contributed by atoms with Crippen LogP contribution in [0.2, 0.25) is 0 Å². The summed E-state index contributed by atoms with van der Waals surface area (Å²) in [4.78, 5) is 9.49. The Labute approximate surface area is 121 Å². The average Bonchev–Trinajstić information content (AvgIpc) is 2.88. The molecule has 1 N–H and O–H groups in total. The van der Waals surface area contributed by atoms with Gasteiger partial charge in [0.1, 0.15) is 5.82 Å². The van der Waals surface area contributed by atoms with Crippen LogP contribution in [0.1, 0.15) is 55.7 Å². The van der Waals surface area contributed by atoms with E-state index in [1.807, 2.05) is 0 Å². The molecule has 4 nitrogen and oxygen atoms in total. The smallest absolute Gasteiger partial charge is 0.128 e. The Balaban J connectivity index is 1.77. The topological polar surface area (TPSA) is 47.0 Å². The highest BCUT2D eigenvalue weighted by Crippen LogP contribution is 2.27. The lowest BCUT2D eigenvalue weighted by Gasteiger charge is -2.18. The van der Waals surface area contributed by atoms with E-state index in [2.05, 4.69) is 23.4 Å². The van der Waals surface area contributed by atoms with Crippen molar-refractivity contribution in [2.24, 2.45) is 5.92 Å². The molecule has 20 heavy (non-hydrogen) atoms. The first kappa shape index (κ1) is 14.0. The minimum atomic E-state index is 0.446. The molecule has 0 amide bonds. The first-order valence-corrected chi connectivity index (χ1v) is 8.02. The van der Waals surface area contributed by atoms with E-state index in [1.54, 1.807) is 0 Å². The van der Waals surface area contributed by atoms with Crippen LogP contribution in [0.25, 0.3) is 0 Å². The summed E-state index contributed by atoms with van der Waals surface area (Å²) in [7, 11) is 0. The van der Waals surface area contributed by atoms with Crippen molar-refractivity contribution in [3.63, 3.8) is 0 Å². The van der Waals surface area contributed by atoms with Gasteiger partial charge in [-0.3, -0.25) is 0 Å². The third kappa shape index (κ3) is 3.18. The summed E-state index contributed by atoms with van der Waals surface area (Å²) in [5.41, 5.74) is 2.60. The molecule has 0 bridgehead atoms. The first-order chi connectivity index (χ1) is 9.86. The molecule has 2 unspecified atom stereocenters. The summed E-state index contributed by atoms with van der Waals surface area (Å²) in [6, 6.07) is 0.446. The zero-order valence-corrected chi connectivity index (χ0v) is 12.4. The van der Waals surface area contributed by atoms with E-state index in [0.29, 0.717) is 12.0 Å². The molecular formula is C16H25N3O. The number of aryl methyl sites for hydroxylation is 1. The Hall–Kier alpha value is -1.00. The summed E-state index contributed by atoms with van der Waals surface area (Å²) in [6.45, 7) is 4.95. The predicted octanol–water partition coefficient (Wildman–Crippen LogP) is 2.43. The first-order valence-electron chi connectivity index (χ1n) is 8.02. The molecule has 2 atom stereocenters. The SMILES string of the molecule is CCNC1CCCCc2nc(CC3CCOC3)ncc21. The number of hydrogen-bond donors (Lipinski definition) is 1. The number of aromatic nitrogens is 2. The van der Waals surface area contributed by atoms with Crippen molar-refractivity contribution < 1.29 is 4.74 Å². The molecule has 1 saturated heterocycles. The molecule has 0 spiro atoms. The van der Waals surface area contributed by atoms with Crippen molar-refractivity contribution in [2.75, 3.05) is 19.8 Å². The van der Waals surface area contributed by atoms with E-state index in [1.165, 1.54) is 30.5 Å². The fourth-order valence-electron chi connectivity index (χ4n) is 3.31. The number of nitrogens with one attached hydrogen (secondary N) is 1. The van der Waals surface area contributed by atoms with Crippen LogP contribution < -0.4 is 5.32 Å². The van der Waals surface area contributed by atoms with Crippen molar-refractivity contribution in [3.05, 3.63) is 23.3 Å². The van der Waals surface area contributed by atoms with Crippen molar-refractivity contribution in [2.45, 2.75) is 51.5 Å². The normalized spacial score (nSPS) is 26.2. The quantitative estimate of drug-likeness (QED) is 0.857. The monoisotopic (exact) mass is 275 g/mol. The molecule has 1 fully saturated rings. The van der Waals surface area contributed by atoms with Crippen LogP contribution in [0.3, 0.4) is 0 Å². The highest BCUT2D eigenvalue weighted by Gasteiger charge is 2.22. The van der Waals surface area contributed by atoms with Crippen LogP contribution in [-0.4, -0.2) is 29.7 Å². The molecule has 4 heteroatoms. The van der Waals surface area contributed by atoms with Crippen molar-refractivity contribution >= 4 is 0 Å². The van der Waals surface area contributed by atoms with E-state index >= 15 is 0 Å². The molecule has 3 rings (SSSR count). The van der Waals surface area contributed by atoms with E-state index in [0.717, 1.165) is 44.8 Å². The van der Waals surface area contributed by atoms with E-state index in [4.69, 9.17) is 9.72 Å². The second kappa shape index (κ2) is 6.64. The maximum Gasteiger partial charge on any atom is 0.128 e. The van der Waals surface area contributed by atoms with Crippen LogP contribution in [0.5, 0.6) is 0 Å². The van der Waals surface area contributed by atoms with Gasteiger partial charge >= 0.3 is 0 Å². The minimum Gasteiger partial charge on any atom is -0.381 e. The minimum absolute atomic E-state index is 0.446. The Morgan fingerprint density at radius 2 is 2.30 bits per heavy atom. The highest BCUT2D eigenvalue weighted by molar-refractivity contribution is 5.23. The summed E-state index contributed by atoms with van der Waals surface area (Å²) in [5.74, 6) is 1.62. The molecule has 110 valence electrons. The van der Waals surface area contributed by atoms with Gasteiger partial charge in [-0.1, -0.05) is 13.3 Å². The van der Waals surface area contributed by atoms with Gasteiger partial charge in [0.05, 0.1) is 0 Å². The molecular weight excluding hydrogens is 250 g/mol. The van der Waals surface area contributed by atoms with Gasteiger partial charge in [0.15, 0.2) is 0 Å². The van der Waals surface area contributed by atoms with Crippen molar-refractivity contribution in [1.29, 1.82) is 0 Å². The van der Waals surface area contributed by atoms with E-state index < -0.39 is 0 Å². The van der Waals surface area contributed by atoms with Crippen LogP contribution >= 0.6 is 0 Å². The zero-order chi connectivity index (χ0) is 13.8. The summed E-state index contributed by atoms with van der Waals surface area (Å²) >= 11 is 0. The Kier molecular flexibility index (Phi) is 4.63. The van der Waals surface area contributed by atoms with Gasteiger partial charge in [0.2, 0.25) is 0 Å². The predicted molar refractivity (Wildman–Crippen MR) is 78.6 cm³/mol. The van der Waals surface area contributed by atoms with Gasteiger partial charge in [-0.15, -0.1) is 0 Å². The lowest BCUT2D eigenvalue weighted by molar-refractivity contribution is 0.185. The summed E-state index contributed by atoms with van der Waals surface area (Å²) in [6.07, 6.45) is 9.04. The van der Waals surface area contributed by atoms with Crippen LogP contribution in [-0.2, 0) is 17.6 Å². The Bertz CT molecular complexity index is 443. The van der Waals surface area contributed by atoms with Gasteiger partial charge < -0.3 is 10.1 Å². The largest absolute Gasteiger partial charge is 0.381 e. The molecule has 2 heterocycles. The molecule has 1 aliphatic carbocycles. The maximum absolute atomic E-state index is 5.45. The second-order valence-corrected chi connectivity index (χ2v) is 5.98. The third-order valence-electron chi connectivity index (χ3n) is 4.43. The number of hydrogen-bond acceptors (Lipinski definition) is 4. The molecule has 0 radical (unpaired) electrons. The van der Waals surface area contributed by atoms with Crippen molar-refractivity contribution in [1.82, 2.24) is 15.3 Å².